The summed E-state index contributed by atoms with van der Waals surface area (Å²) in [6.07, 6.45) is 38.9. The van der Waals surface area contributed by atoms with E-state index in [0.29, 0.717) is 25.7 Å². The molecule has 0 aromatic heterocycles. The number of hydrogen-bond acceptors (Lipinski definition) is 15. The summed E-state index contributed by atoms with van der Waals surface area (Å²) in [5.41, 5.74) is 0. The highest BCUT2D eigenvalue weighted by atomic mass is 31.2. The van der Waals surface area contributed by atoms with Crippen LogP contribution in [0.25, 0.3) is 0 Å². The van der Waals surface area contributed by atoms with Crippen molar-refractivity contribution >= 4 is 39.5 Å². The van der Waals surface area contributed by atoms with E-state index in [1.807, 2.05) is 0 Å². The van der Waals surface area contributed by atoms with Crippen LogP contribution in [0.4, 0.5) is 0 Å². The van der Waals surface area contributed by atoms with Crippen molar-refractivity contribution in [2.24, 2.45) is 5.92 Å². The van der Waals surface area contributed by atoms with Crippen LogP contribution < -0.4 is 0 Å². The minimum atomic E-state index is -4.94. The van der Waals surface area contributed by atoms with Gasteiger partial charge >= 0.3 is 39.5 Å². The van der Waals surface area contributed by atoms with Crippen LogP contribution in [0.15, 0.2) is 0 Å². The van der Waals surface area contributed by atoms with Crippen LogP contribution in [0, 0.1) is 5.92 Å². The summed E-state index contributed by atoms with van der Waals surface area (Å²) in [6.45, 7) is 7.11. The molecule has 0 aromatic rings. The highest BCUT2D eigenvalue weighted by molar-refractivity contribution is 7.47. The lowest BCUT2D eigenvalue weighted by Gasteiger charge is -2.21. The molecule has 0 aromatic carbocycles. The molecule has 0 aliphatic rings. The van der Waals surface area contributed by atoms with Gasteiger partial charge in [0.2, 0.25) is 0 Å². The second-order valence-electron chi connectivity index (χ2n) is 22.7. The average molecular weight is 1200 g/mol. The number of phosphoric acid groups is 2. The molecule has 0 spiro atoms. The van der Waals surface area contributed by atoms with Gasteiger partial charge in [-0.3, -0.25) is 37.3 Å². The highest BCUT2D eigenvalue weighted by Crippen LogP contribution is 2.45. The second-order valence-corrected chi connectivity index (χ2v) is 25.6. The third-order valence-corrected chi connectivity index (χ3v) is 16.5. The molecule has 0 bridgehead atoms. The average Bonchev–Trinajstić information content (AvgIpc) is 3.44. The van der Waals surface area contributed by atoms with Crippen molar-refractivity contribution in [3.05, 3.63) is 0 Å². The van der Waals surface area contributed by atoms with Crippen LogP contribution >= 0.6 is 15.6 Å². The maximum atomic E-state index is 13.0. The lowest BCUT2D eigenvalue weighted by atomic mass is 10.00. The monoisotopic (exact) mass is 1200 g/mol. The molecule has 0 radical (unpaired) electrons. The van der Waals surface area contributed by atoms with E-state index in [1.54, 1.807) is 0 Å². The number of ether oxygens (including phenoxy) is 4. The summed E-state index contributed by atoms with van der Waals surface area (Å²) in [4.78, 5) is 72.0. The van der Waals surface area contributed by atoms with Gasteiger partial charge in [0, 0.05) is 25.7 Å². The molecular formula is C62H120O17P2. The molecule has 3 N–H and O–H groups in total. The fourth-order valence-corrected chi connectivity index (χ4v) is 10.8. The fourth-order valence-electron chi connectivity index (χ4n) is 9.20. The molecule has 81 heavy (non-hydrogen) atoms. The standard InChI is InChI=1S/C62H120O17P2/c1-6-10-13-16-19-22-24-25-26-28-31-38-43-48-62(67)79-58(52-73-60(65)46-41-36-33-32-34-39-44-55(5)9-4)54-77-81(70,71)75-50-56(63)49-74-80(68,69)76-53-57(51-72-59(64)45-40-35-29-21-18-15-12-8-3)78-61(66)47-42-37-30-27-23-20-17-14-11-7-2/h55-58,63H,6-54H2,1-5H3,(H,68,69)(H,70,71)/t55?,56-,57+,58+/m0/s1. The Kier molecular flexibility index (Phi) is 54.6. The van der Waals surface area contributed by atoms with Crippen molar-refractivity contribution in [3.63, 3.8) is 0 Å². The topological polar surface area (TPSA) is 237 Å². The number of phosphoric ester groups is 2. The van der Waals surface area contributed by atoms with Crippen LogP contribution in [0.5, 0.6) is 0 Å². The van der Waals surface area contributed by atoms with Gasteiger partial charge in [-0.1, -0.05) is 259 Å². The Balaban J connectivity index is 5.23. The summed E-state index contributed by atoms with van der Waals surface area (Å²) >= 11 is 0. The van der Waals surface area contributed by atoms with Gasteiger partial charge in [-0.15, -0.1) is 0 Å². The maximum Gasteiger partial charge on any atom is 0.472 e. The van der Waals surface area contributed by atoms with Gasteiger partial charge in [0.05, 0.1) is 26.4 Å². The molecule has 0 rings (SSSR count). The molecule has 3 unspecified atom stereocenters. The number of unbranched alkanes of at least 4 members (excludes halogenated alkanes) is 33. The molecule has 17 nitrogen and oxygen atoms in total. The maximum absolute atomic E-state index is 13.0. The number of carbonyl (C=O) groups excluding carboxylic acids is 4. The van der Waals surface area contributed by atoms with E-state index < -0.39 is 97.5 Å². The number of carbonyl (C=O) groups is 4. The number of hydrogen-bond donors (Lipinski definition) is 3. The Morgan fingerprint density at radius 3 is 0.877 bits per heavy atom. The lowest BCUT2D eigenvalue weighted by molar-refractivity contribution is -0.161. The Morgan fingerprint density at radius 2 is 0.593 bits per heavy atom. The second kappa shape index (κ2) is 55.9. The van der Waals surface area contributed by atoms with Gasteiger partial charge in [-0.05, 0) is 31.6 Å². The van der Waals surface area contributed by atoms with Gasteiger partial charge in [-0.2, -0.15) is 0 Å². The minimum absolute atomic E-state index is 0.106. The zero-order valence-electron chi connectivity index (χ0n) is 51.9. The molecule has 6 atom stereocenters. The van der Waals surface area contributed by atoms with E-state index in [-0.39, 0.29) is 25.7 Å². The van der Waals surface area contributed by atoms with Crippen molar-refractivity contribution in [3.8, 4) is 0 Å². The first-order valence-electron chi connectivity index (χ1n) is 32.7. The minimum Gasteiger partial charge on any atom is -0.462 e. The molecule has 0 aliphatic heterocycles. The predicted octanol–water partition coefficient (Wildman–Crippen LogP) is 17.0. The summed E-state index contributed by atoms with van der Waals surface area (Å²) in [7, 11) is -9.88. The first-order chi connectivity index (χ1) is 39.1. The number of aliphatic hydroxyl groups excluding tert-OH is 1. The van der Waals surface area contributed by atoms with Crippen molar-refractivity contribution < 1.29 is 80.2 Å². The van der Waals surface area contributed by atoms with Gasteiger partial charge < -0.3 is 33.8 Å². The quantitative estimate of drug-likeness (QED) is 0.0222. The molecule has 0 saturated carbocycles. The largest absolute Gasteiger partial charge is 0.472 e. The Bertz CT molecular complexity index is 1590. The zero-order chi connectivity index (χ0) is 59.9. The van der Waals surface area contributed by atoms with Crippen LogP contribution in [0.2, 0.25) is 0 Å². The van der Waals surface area contributed by atoms with Crippen LogP contribution in [-0.2, 0) is 65.4 Å². The summed E-state index contributed by atoms with van der Waals surface area (Å²) in [5.74, 6) is -1.41. The number of aliphatic hydroxyl groups is 1. The molecule has 19 heteroatoms. The van der Waals surface area contributed by atoms with Gasteiger partial charge in [0.25, 0.3) is 0 Å². The van der Waals surface area contributed by atoms with Gasteiger partial charge in [0.1, 0.15) is 19.3 Å². The lowest BCUT2D eigenvalue weighted by Crippen LogP contribution is -2.30. The molecule has 0 saturated heterocycles. The van der Waals surface area contributed by atoms with Crippen molar-refractivity contribution in [1.29, 1.82) is 0 Å². The molecule has 0 heterocycles. The van der Waals surface area contributed by atoms with Crippen molar-refractivity contribution in [1.82, 2.24) is 0 Å². The smallest absolute Gasteiger partial charge is 0.462 e. The zero-order valence-corrected chi connectivity index (χ0v) is 53.7. The number of rotatable bonds is 62. The summed E-state index contributed by atoms with van der Waals surface area (Å²) in [6, 6.07) is 0. The van der Waals surface area contributed by atoms with E-state index in [0.717, 1.165) is 109 Å². The molecule has 0 amide bonds. The van der Waals surface area contributed by atoms with Gasteiger partial charge in [-0.25, -0.2) is 9.13 Å². The van der Waals surface area contributed by atoms with Crippen molar-refractivity contribution in [2.75, 3.05) is 39.6 Å². The van der Waals surface area contributed by atoms with E-state index in [4.69, 9.17) is 37.0 Å². The summed E-state index contributed by atoms with van der Waals surface area (Å²) in [5, 5.41) is 10.5. The first-order valence-corrected chi connectivity index (χ1v) is 35.7. The van der Waals surface area contributed by atoms with Crippen LogP contribution in [0.3, 0.4) is 0 Å². The van der Waals surface area contributed by atoms with Crippen molar-refractivity contribution in [2.45, 2.75) is 329 Å². The molecule has 480 valence electrons. The molecular weight excluding hydrogens is 1080 g/mol. The third-order valence-electron chi connectivity index (χ3n) is 14.6. The Hall–Kier alpha value is -1.94. The third kappa shape index (κ3) is 55.7. The molecule has 0 aliphatic carbocycles. The van der Waals surface area contributed by atoms with Crippen LogP contribution in [0.1, 0.15) is 311 Å². The van der Waals surface area contributed by atoms with E-state index >= 15 is 0 Å². The fraction of sp³-hybridized carbons (Fsp3) is 0.935. The first kappa shape index (κ1) is 79.1. The summed E-state index contributed by atoms with van der Waals surface area (Å²) < 4.78 is 67.8. The highest BCUT2D eigenvalue weighted by Gasteiger charge is 2.30. The predicted molar refractivity (Wildman–Crippen MR) is 322 cm³/mol. The number of esters is 4. The van der Waals surface area contributed by atoms with E-state index in [1.165, 1.54) is 122 Å². The Labute approximate surface area is 492 Å². The molecule has 0 fully saturated rings. The van der Waals surface area contributed by atoms with E-state index in [2.05, 4.69) is 34.6 Å². The normalized spacial score (nSPS) is 14.6. The van der Waals surface area contributed by atoms with E-state index in [9.17, 15) is 43.2 Å². The Morgan fingerprint density at radius 1 is 0.346 bits per heavy atom. The van der Waals surface area contributed by atoms with Crippen LogP contribution in [-0.4, -0.2) is 96.7 Å². The SMILES string of the molecule is CCCCCCCCCCCCCCCC(=O)O[C@H](COC(=O)CCCCCCCCC(C)CC)COP(=O)(O)OC[C@@H](O)COP(=O)(O)OC[C@@H](COC(=O)CCCCCCCCCC)OC(=O)CCCCCCCCCCCC. The van der Waals surface area contributed by atoms with Gasteiger partial charge in [0.15, 0.2) is 12.2 Å².